The molecule has 0 aliphatic carbocycles. The fraction of sp³-hybridized carbons (Fsp3) is 0.417. The van der Waals surface area contributed by atoms with Crippen LogP contribution in [0.5, 0.6) is 0 Å². The van der Waals surface area contributed by atoms with E-state index in [0.717, 1.165) is 62.3 Å². The predicted molar refractivity (Wildman–Crippen MR) is 119 cm³/mol. The van der Waals surface area contributed by atoms with Gasteiger partial charge < -0.3 is 15.1 Å². The summed E-state index contributed by atoms with van der Waals surface area (Å²) in [4.78, 5) is 28.7. The third kappa shape index (κ3) is 6.24. The standard InChI is InChI=1S/C24H28F3N3O2/c1-2-3-4-5-22(31)30-16-14-29(15-17-30)21-12-10-20(11-13-21)28-23(32)18-6-8-19(9-7-18)24(25,26)27/h6-13H,2-5,14-17H2,1H3,(H,28,32). The molecule has 5 nitrogen and oxygen atoms in total. The number of rotatable bonds is 7. The van der Waals surface area contributed by atoms with Gasteiger partial charge >= 0.3 is 6.18 Å². The van der Waals surface area contributed by atoms with Gasteiger partial charge in [-0.05, 0) is 55.0 Å². The van der Waals surface area contributed by atoms with Crippen LogP contribution in [0.25, 0.3) is 0 Å². The quantitative estimate of drug-likeness (QED) is 0.595. The van der Waals surface area contributed by atoms with Crippen LogP contribution in [0.3, 0.4) is 0 Å². The van der Waals surface area contributed by atoms with Crippen molar-refractivity contribution in [1.82, 2.24) is 4.90 Å². The molecule has 8 heteroatoms. The van der Waals surface area contributed by atoms with E-state index in [1.807, 2.05) is 17.0 Å². The summed E-state index contributed by atoms with van der Waals surface area (Å²) in [5.74, 6) is -0.249. The topological polar surface area (TPSA) is 52.7 Å². The summed E-state index contributed by atoms with van der Waals surface area (Å²) in [6.45, 7) is 5.00. The Labute approximate surface area is 186 Å². The van der Waals surface area contributed by atoms with Crippen molar-refractivity contribution in [2.75, 3.05) is 36.4 Å². The Hall–Kier alpha value is -3.03. The number of nitrogens with one attached hydrogen (secondary N) is 1. The first-order chi connectivity index (χ1) is 15.3. The summed E-state index contributed by atoms with van der Waals surface area (Å²) in [6.07, 6.45) is -0.704. The molecule has 0 unspecified atom stereocenters. The molecule has 1 aliphatic rings. The monoisotopic (exact) mass is 447 g/mol. The molecule has 2 amide bonds. The fourth-order valence-corrected chi connectivity index (χ4v) is 3.67. The van der Waals surface area contributed by atoms with E-state index >= 15 is 0 Å². The number of amides is 2. The molecular weight excluding hydrogens is 419 g/mol. The lowest BCUT2D eigenvalue weighted by Crippen LogP contribution is -2.48. The van der Waals surface area contributed by atoms with E-state index in [1.165, 1.54) is 0 Å². The Bertz CT molecular complexity index is 904. The minimum atomic E-state index is -4.43. The SMILES string of the molecule is CCCCCC(=O)N1CCN(c2ccc(NC(=O)c3ccc(C(F)(F)F)cc3)cc2)CC1. The van der Waals surface area contributed by atoms with E-state index in [2.05, 4.69) is 17.1 Å². The highest BCUT2D eigenvalue weighted by Crippen LogP contribution is 2.29. The van der Waals surface area contributed by atoms with Crippen LogP contribution in [-0.2, 0) is 11.0 Å². The second-order valence-corrected chi connectivity index (χ2v) is 7.90. The molecule has 0 radical (unpaired) electrons. The molecule has 1 heterocycles. The van der Waals surface area contributed by atoms with Crippen molar-refractivity contribution < 1.29 is 22.8 Å². The number of piperazine rings is 1. The maximum absolute atomic E-state index is 12.7. The average molecular weight is 448 g/mol. The van der Waals surface area contributed by atoms with Gasteiger partial charge in [-0.1, -0.05) is 19.8 Å². The van der Waals surface area contributed by atoms with Crippen LogP contribution in [-0.4, -0.2) is 42.9 Å². The number of alkyl halides is 3. The molecule has 1 saturated heterocycles. The van der Waals surface area contributed by atoms with Gasteiger partial charge in [0.2, 0.25) is 5.91 Å². The molecule has 0 spiro atoms. The zero-order valence-electron chi connectivity index (χ0n) is 18.1. The Morgan fingerprint density at radius 2 is 1.53 bits per heavy atom. The molecule has 172 valence electrons. The number of anilines is 2. The van der Waals surface area contributed by atoms with E-state index in [1.54, 1.807) is 12.1 Å². The highest BCUT2D eigenvalue weighted by molar-refractivity contribution is 6.04. The lowest BCUT2D eigenvalue weighted by molar-refractivity contribution is -0.137. The third-order valence-corrected chi connectivity index (χ3v) is 5.59. The van der Waals surface area contributed by atoms with E-state index in [4.69, 9.17) is 0 Å². The average Bonchev–Trinajstić information content (AvgIpc) is 2.79. The van der Waals surface area contributed by atoms with Crippen molar-refractivity contribution in [3.63, 3.8) is 0 Å². The summed E-state index contributed by atoms with van der Waals surface area (Å²) < 4.78 is 38.0. The van der Waals surface area contributed by atoms with Gasteiger partial charge in [0.05, 0.1) is 5.56 Å². The maximum Gasteiger partial charge on any atom is 0.416 e. The molecule has 32 heavy (non-hydrogen) atoms. The molecule has 1 fully saturated rings. The second kappa shape index (κ2) is 10.5. The van der Waals surface area contributed by atoms with Crippen molar-refractivity contribution in [2.45, 2.75) is 38.8 Å². The van der Waals surface area contributed by atoms with E-state index in [9.17, 15) is 22.8 Å². The molecule has 0 atom stereocenters. The fourth-order valence-electron chi connectivity index (χ4n) is 3.67. The van der Waals surface area contributed by atoms with E-state index in [-0.39, 0.29) is 11.5 Å². The number of unbranched alkanes of at least 4 members (excludes halogenated alkanes) is 2. The van der Waals surface area contributed by atoms with Crippen molar-refractivity contribution in [1.29, 1.82) is 0 Å². The number of hydrogen-bond donors (Lipinski definition) is 1. The molecule has 2 aromatic carbocycles. The van der Waals surface area contributed by atoms with Crippen molar-refractivity contribution in [3.8, 4) is 0 Å². The normalized spacial score (nSPS) is 14.4. The minimum Gasteiger partial charge on any atom is -0.368 e. The largest absolute Gasteiger partial charge is 0.416 e. The first-order valence-electron chi connectivity index (χ1n) is 10.9. The summed E-state index contributed by atoms with van der Waals surface area (Å²) in [5.41, 5.74) is 0.918. The number of halogens is 3. The van der Waals surface area contributed by atoms with Gasteiger partial charge in [0.25, 0.3) is 5.91 Å². The zero-order valence-corrected chi connectivity index (χ0v) is 18.1. The van der Waals surface area contributed by atoms with Crippen LogP contribution < -0.4 is 10.2 Å². The molecule has 1 aliphatic heterocycles. The van der Waals surface area contributed by atoms with Gasteiger partial charge in [-0.25, -0.2) is 0 Å². The van der Waals surface area contributed by atoms with Gasteiger partial charge in [0.15, 0.2) is 0 Å². The predicted octanol–water partition coefficient (Wildman–Crippen LogP) is 5.19. The number of carbonyl (C=O) groups excluding carboxylic acids is 2. The lowest BCUT2D eigenvalue weighted by Gasteiger charge is -2.36. The van der Waals surface area contributed by atoms with Crippen LogP contribution in [0.15, 0.2) is 48.5 Å². The smallest absolute Gasteiger partial charge is 0.368 e. The van der Waals surface area contributed by atoms with E-state index < -0.39 is 17.6 Å². The van der Waals surface area contributed by atoms with Gasteiger partial charge in [-0.15, -0.1) is 0 Å². The Balaban J connectivity index is 1.51. The second-order valence-electron chi connectivity index (χ2n) is 7.90. The molecule has 1 N–H and O–H groups in total. The van der Waals surface area contributed by atoms with Gasteiger partial charge in [0.1, 0.15) is 0 Å². The molecule has 0 aromatic heterocycles. The highest BCUT2D eigenvalue weighted by Gasteiger charge is 2.30. The zero-order chi connectivity index (χ0) is 23.1. The maximum atomic E-state index is 12.7. The molecule has 0 saturated carbocycles. The third-order valence-electron chi connectivity index (χ3n) is 5.59. The van der Waals surface area contributed by atoms with Crippen LogP contribution in [0.4, 0.5) is 24.5 Å². The molecule has 0 bridgehead atoms. The van der Waals surface area contributed by atoms with Gasteiger partial charge in [-0.3, -0.25) is 9.59 Å². The summed E-state index contributed by atoms with van der Waals surface area (Å²) in [5, 5.41) is 2.70. The van der Waals surface area contributed by atoms with Crippen molar-refractivity contribution in [2.24, 2.45) is 0 Å². The Kier molecular flexibility index (Phi) is 7.77. The number of nitrogens with zero attached hydrogens (tertiary/aromatic N) is 2. The minimum absolute atomic E-state index is 0.154. The number of benzene rings is 2. The van der Waals surface area contributed by atoms with Crippen LogP contribution >= 0.6 is 0 Å². The van der Waals surface area contributed by atoms with Crippen molar-refractivity contribution >= 4 is 23.2 Å². The van der Waals surface area contributed by atoms with Gasteiger partial charge in [-0.2, -0.15) is 13.2 Å². The first-order valence-corrected chi connectivity index (χ1v) is 10.9. The number of carbonyl (C=O) groups is 2. The summed E-state index contributed by atoms with van der Waals surface area (Å²) >= 11 is 0. The van der Waals surface area contributed by atoms with Crippen LogP contribution in [0.2, 0.25) is 0 Å². The van der Waals surface area contributed by atoms with E-state index in [0.29, 0.717) is 25.2 Å². The van der Waals surface area contributed by atoms with Crippen LogP contribution in [0.1, 0.15) is 48.5 Å². The first kappa shape index (κ1) is 23.6. The Morgan fingerprint density at radius 1 is 0.906 bits per heavy atom. The Morgan fingerprint density at radius 3 is 2.09 bits per heavy atom. The molecule has 2 aromatic rings. The summed E-state index contributed by atoms with van der Waals surface area (Å²) in [7, 11) is 0. The number of hydrogen-bond acceptors (Lipinski definition) is 3. The highest BCUT2D eigenvalue weighted by atomic mass is 19.4. The van der Waals surface area contributed by atoms with Crippen molar-refractivity contribution in [3.05, 3.63) is 59.7 Å². The lowest BCUT2D eigenvalue weighted by atomic mass is 10.1. The van der Waals surface area contributed by atoms with Gasteiger partial charge in [0, 0.05) is 49.5 Å². The molecular formula is C24H28F3N3O2. The molecule has 3 rings (SSSR count). The summed E-state index contributed by atoms with van der Waals surface area (Å²) in [6, 6.07) is 11.4. The van der Waals surface area contributed by atoms with Crippen LogP contribution in [0, 0.1) is 0 Å².